The minimum absolute atomic E-state index is 0.0150. The van der Waals surface area contributed by atoms with Crippen LogP contribution in [0.5, 0.6) is 0 Å². The van der Waals surface area contributed by atoms with Crippen molar-refractivity contribution in [3.05, 3.63) is 72.2 Å². The molecule has 2 saturated heterocycles. The zero-order valence-corrected chi connectivity index (χ0v) is 40.6. The highest BCUT2D eigenvalue weighted by Gasteiger charge is 2.45. The van der Waals surface area contributed by atoms with Crippen LogP contribution in [-0.2, 0) is 38.0 Å². The molecule has 2 aliphatic rings. The molecule has 8 N–H and O–H groups in total. The third-order valence-electron chi connectivity index (χ3n) is 11.0. The van der Waals surface area contributed by atoms with Gasteiger partial charge in [0.15, 0.2) is 46.4 Å². The lowest BCUT2D eigenvalue weighted by atomic mass is 10.1. The lowest BCUT2D eigenvalue weighted by Crippen LogP contribution is -2.33. The fourth-order valence-electron chi connectivity index (χ4n) is 7.25. The van der Waals surface area contributed by atoms with Gasteiger partial charge in [0.2, 0.25) is 0 Å². The SMILES string of the molecule is CCOC(=O)/C(C)=C\Nc1nc(-n2cc(C(=O)OCC)cn2)nc2c1ncn2[C@@H]1O[C@H](CO)[C@@H](O)[C@H]1O.CCOC(=O)C(C=Nc1nc(-n2cc(C(=O)OCC)cn2)nc2c1ncn2[C@@H]1O[C@H](CO)[C@@H](O)[C@H]1O)=CO. The zero-order valence-electron chi connectivity index (χ0n) is 40.6. The number of rotatable bonds is 18. The molecule has 2 fully saturated rings. The molecule has 2 aliphatic heterocycles. The van der Waals surface area contributed by atoms with Gasteiger partial charge >= 0.3 is 23.9 Å². The van der Waals surface area contributed by atoms with Crippen molar-refractivity contribution in [3.8, 4) is 11.9 Å². The van der Waals surface area contributed by atoms with Gasteiger partial charge in [-0.3, -0.25) is 9.13 Å². The van der Waals surface area contributed by atoms with E-state index in [4.69, 9.17) is 28.4 Å². The van der Waals surface area contributed by atoms with Gasteiger partial charge in [-0.2, -0.15) is 30.1 Å². The van der Waals surface area contributed by atoms with Gasteiger partial charge in [0.25, 0.3) is 11.9 Å². The van der Waals surface area contributed by atoms with E-state index >= 15 is 0 Å². The van der Waals surface area contributed by atoms with Crippen molar-refractivity contribution >= 4 is 64.1 Å². The number of nitrogens with zero attached hydrogens (tertiary/aromatic N) is 13. The van der Waals surface area contributed by atoms with E-state index in [1.54, 1.807) is 34.6 Å². The van der Waals surface area contributed by atoms with E-state index < -0.39 is 86.2 Å². The van der Waals surface area contributed by atoms with Gasteiger partial charge in [0.1, 0.15) is 42.2 Å². The lowest BCUT2D eigenvalue weighted by molar-refractivity contribution is -0.139. The summed E-state index contributed by atoms with van der Waals surface area (Å²) in [6.45, 7) is 7.79. The summed E-state index contributed by atoms with van der Waals surface area (Å²) in [5, 5.41) is 80.9. The van der Waals surface area contributed by atoms with Crippen LogP contribution in [0.2, 0.25) is 0 Å². The molecular formula is C44H52N14O17. The Morgan fingerprint density at radius 1 is 0.680 bits per heavy atom. The number of hydrogen-bond acceptors (Lipinski definition) is 27. The van der Waals surface area contributed by atoms with Crippen LogP contribution in [0.3, 0.4) is 0 Å². The van der Waals surface area contributed by atoms with Crippen LogP contribution in [0.1, 0.15) is 67.8 Å². The largest absolute Gasteiger partial charge is 0.515 e. The molecule has 0 saturated carbocycles. The molecule has 6 aromatic heterocycles. The second kappa shape index (κ2) is 24.2. The van der Waals surface area contributed by atoms with Crippen molar-refractivity contribution in [2.24, 2.45) is 4.99 Å². The standard InChI is InChI=1S/C22H25N7O9.C22H27N7O8/c1-3-36-20(34)11-6-25-29(7-11)22-26-17(23-5-12(8-30)21(35)37-4-2)14-18(27-22)28(10-24-14)19-16(33)15(32)13(9-31)38-19;1-4-35-20(33)11(3)6-23-17-14-18(28(10-24-14)19-16(32)15(31)13(9-30)37-19)27-22(26-17)29-8-12(7-25-29)21(34)36-5-2/h5-8,10,13,15-16,19,30-33H,3-4,9H2,1-2H3;6-8,10,13,15-16,19,30-32H,4-5,9H2,1-3H3,(H,23,26,27)/b;11-6-/t2*13-,15-,16-,19-/m11/s1. The van der Waals surface area contributed by atoms with Crippen LogP contribution in [-0.4, -0.2) is 201 Å². The molecule has 6 aromatic rings. The highest BCUT2D eigenvalue weighted by Crippen LogP contribution is 2.35. The van der Waals surface area contributed by atoms with Gasteiger partial charge in [-0.1, -0.05) is 0 Å². The molecule has 0 amide bonds. The number of aliphatic hydroxyl groups excluding tert-OH is 7. The first-order valence-corrected chi connectivity index (χ1v) is 23.0. The number of aliphatic imine (C=N–C) groups is 1. The van der Waals surface area contributed by atoms with Crippen LogP contribution in [0.25, 0.3) is 34.2 Å². The van der Waals surface area contributed by atoms with Crippen LogP contribution >= 0.6 is 0 Å². The van der Waals surface area contributed by atoms with Crippen molar-refractivity contribution in [3.63, 3.8) is 0 Å². The summed E-state index contributed by atoms with van der Waals surface area (Å²) in [5.74, 6) is -2.51. The number of carbonyl (C=O) groups is 4. The molecule has 31 nitrogen and oxygen atoms in total. The third kappa shape index (κ3) is 11.6. The predicted octanol–water partition coefficient (Wildman–Crippen LogP) is -0.813. The van der Waals surface area contributed by atoms with E-state index in [0.29, 0.717) is 6.26 Å². The Kier molecular flexibility index (Phi) is 17.6. The summed E-state index contributed by atoms with van der Waals surface area (Å²) in [6, 6.07) is 0. The van der Waals surface area contributed by atoms with E-state index in [2.05, 4.69) is 50.4 Å². The number of fused-ring (bicyclic) bond motifs is 2. The van der Waals surface area contributed by atoms with Crippen molar-refractivity contribution in [2.45, 2.75) is 83.7 Å². The normalized spacial score (nSPS) is 21.9. The topological polar surface area (TPSA) is 412 Å². The summed E-state index contributed by atoms with van der Waals surface area (Å²) in [7, 11) is 0. The van der Waals surface area contributed by atoms with Gasteiger partial charge < -0.3 is 69.5 Å². The third-order valence-corrected chi connectivity index (χ3v) is 11.0. The maximum atomic E-state index is 12.1. The molecule has 0 bridgehead atoms. The number of esters is 4. The van der Waals surface area contributed by atoms with Gasteiger partial charge in [0.05, 0.1) is 87.7 Å². The molecular weight excluding hydrogens is 997 g/mol. The second-order valence-electron chi connectivity index (χ2n) is 15.9. The molecule has 0 unspecified atom stereocenters. The minimum atomic E-state index is -1.43. The summed E-state index contributed by atoms with van der Waals surface area (Å²) in [5.41, 5.74) is 0.899. The Balaban J connectivity index is 0.000000219. The zero-order chi connectivity index (χ0) is 54.1. The maximum absolute atomic E-state index is 12.1. The van der Waals surface area contributed by atoms with Gasteiger partial charge in [-0.25, -0.2) is 43.5 Å². The Morgan fingerprint density at radius 2 is 1.16 bits per heavy atom. The number of hydrogen-bond donors (Lipinski definition) is 8. The van der Waals surface area contributed by atoms with Gasteiger partial charge in [0, 0.05) is 24.8 Å². The summed E-state index contributed by atoms with van der Waals surface area (Å²) in [6.07, 6.45) is 0.945. The minimum Gasteiger partial charge on any atom is -0.515 e. The average molecular weight is 1050 g/mol. The molecule has 8 atom stereocenters. The monoisotopic (exact) mass is 1050 g/mol. The van der Waals surface area contributed by atoms with E-state index in [0.717, 1.165) is 6.21 Å². The van der Waals surface area contributed by atoms with Crippen molar-refractivity contribution in [1.82, 2.24) is 58.6 Å². The number of ether oxygens (including phenoxy) is 6. The van der Waals surface area contributed by atoms with E-state index in [-0.39, 0.29) is 94.6 Å². The molecule has 400 valence electrons. The first-order chi connectivity index (χ1) is 36.1. The first kappa shape index (κ1) is 54.6. The number of anilines is 1. The molecule has 8 heterocycles. The smallest absolute Gasteiger partial charge is 0.342 e. The number of aromatic nitrogens is 12. The van der Waals surface area contributed by atoms with Crippen LogP contribution in [0, 0.1) is 0 Å². The highest BCUT2D eigenvalue weighted by atomic mass is 16.6. The molecule has 8 rings (SSSR count). The van der Waals surface area contributed by atoms with Crippen molar-refractivity contribution < 1.29 is 83.3 Å². The first-order valence-electron chi connectivity index (χ1n) is 23.0. The number of nitrogens with one attached hydrogen (secondary N) is 1. The van der Waals surface area contributed by atoms with Gasteiger partial charge in [-0.05, 0) is 34.6 Å². The van der Waals surface area contributed by atoms with E-state index in [9.17, 15) is 54.9 Å². The van der Waals surface area contributed by atoms with Crippen LogP contribution in [0.15, 0.2) is 66.0 Å². The molecule has 0 spiro atoms. The van der Waals surface area contributed by atoms with E-state index in [1.165, 1.54) is 62.1 Å². The molecule has 0 aliphatic carbocycles. The quantitative estimate of drug-likeness (QED) is 0.0171. The maximum Gasteiger partial charge on any atom is 0.342 e. The fourth-order valence-corrected chi connectivity index (χ4v) is 7.25. The summed E-state index contributed by atoms with van der Waals surface area (Å²) in [4.78, 5) is 78.6. The number of carbonyl (C=O) groups excluding carboxylic acids is 4. The summed E-state index contributed by atoms with van der Waals surface area (Å²) >= 11 is 0. The van der Waals surface area contributed by atoms with Gasteiger partial charge in [-0.15, -0.1) is 0 Å². The summed E-state index contributed by atoms with van der Waals surface area (Å²) < 4.78 is 36.2. The Labute approximate surface area is 423 Å². The highest BCUT2D eigenvalue weighted by molar-refractivity contribution is 6.10. The van der Waals surface area contributed by atoms with Crippen molar-refractivity contribution in [2.75, 3.05) is 45.0 Å². The number of imidazole rings is 2. The lowest BCUT2D eigenvalue weighted by Gasteiger charge is -2.17. The Hall–Kier alpha value is -8.17. The predicted molar refractivity (Wildman–Crippen MR) is 252 cm³/mol. The number of aliphatic hydroxyl groups is 7. The Bertz CT molecular complexity index is 3110. The van der Waals surface area contributed by atoms with Crippen molar-refractivity contribution in [1.29, 1.82) is 0 Å². The molecule has 0 aromatic carbocycles. The molecule has 0 radical (unpaired) electrons. The average Bonchev–Trinajstić information content (AvgIpc) is 4.30. The molecule has 31 heteroatoms. The van der Waals surface area contributed by atoms with Crippen LogP contribution < -0.4 is 5.32 Å². The molecule has 75 heavy (non-hydrogen) atoms. The van der Waals surface area contributed by atoms with Crippen LogP contribution in [0.4, 0.5) is 11.6 Å². The van der Waals surface area contributed by atoms with E-state index in [1.807, 2.05) is 0 Å². The Morgan fingerprint density at radius 3 is 1.64 bits per heavy atom. The fraction of sp³-hybridized carbons (Fsp3) is 0.432. The second-order valence-corrected chi connectivity index (χ2v) is 15.9.